The van der Waals surface area contributed by atoms with Gasteiger partial charge in [0.2, 0.25) is 0 Å². The van der Waals surface area contributed by atoms with Gasteiger partial charge in [0.1, 0.15) is 0 Å². The number of fused-ring (bicyclic) bond motifs is 1. The van der Waals surface area contributed by atoms with Gasteiger partial charge in [-0.1, -0.05) is 0 Å². The molecule has 2 aromatic rings. The van der Waals surface area contributed by atoms with Crippen LogP contribution >= 0.6 is 0 Å². The number of rotatable bonds is 4. The number of sulfone groups is 1. The smallest absolute Gasteiger partial charge is 0.300 e. The molecule has 6 nitrogen and oxygen atoms in total. The second-order valence-electron chi connectivity index (χ2n) is 10.5. The third kappa shape index (κ3) is 3.60. The molecule has 1 spiro atoms. The maximum Gasteiger partial charge on any atom is 0.417 e. The van der Waals surface area contributed by atoms with Gasteiger partial charge < -0.3 is 0 Å². The fourth-order valence-corrected chi connectivity index (χ4v) is 9.04. The summed E-state index contributed by atoms with van der Waals surface area (Å²) in [5, 5.41) is 4.60. The summed E-state index contributed by atoms with van der Waals surface area (Å²) in [6.45, 7) is 4.57. The Kier molecular flexibility index (Phi) is 4.60. The van der Waals surface area contributed by atoms with Crippen molar-refractivity contribution in [1.82, 2.24) is 19.7 Å². The van der Waals surface area contributed by atoms with Crippen molar-refractivity contribution < 1.29 is 21.6 Å². The molecule has 33 heavy (non-hydrogen) atoms. The minimum Gasteiger partial charge on any atom is -0.300 e. The van der Waals surface area contributed by atoms with Crippen LogP contribution in [0.2, 0.25) is 0 Å². The number of pyridine rings is 1. The van der Waals surface area contributed by atoms with Crippen molar-refractivity contribution in [1.29, 1.82) is 0 Å². The van der Waals surface area contributed by atoms with E-state index in [1.807, 2.05) is 17.7 Å². The number of hydrogen-bond acceptors (Lipinski definition) is 5. The molecular formula is C23H27F3N4O2S. The number of nitrogens with zero attached hydrogens (tertiary/aromatic N) is 4. The second-order valence-corrected chi connectivity index (χ2v) is 12.5. The van der Waals surface area contributed by atoms with Crippen molar-refractivity contribution in [2.75, 3.05) is 24.6 Å². The molecule has 4 fully saturated rings. The first-order chi connectivity index (χ1) is 15.6. The van der Waals surface area contributed by atoms with Crippen LogP contribution < -0.4 is 0 Å². The van der Waals surface area contributed by atoms with Gasteiger partial charge in [0.15, 0.2) is 9.84 Å². The molecule has 0 amide bonds. The molecule has 6 rings (SSSR count). The highest BCUT2D eigenvalue weighted by Gasteiger charge is 2.60. The summed E-state index contributed by atoms with van der Waals surface area (Å²) in [4.78, 5) is 6.29. The van der Waals surface area contributed by atoms with Crippen molar-refractivity contribution in [2.45, 2.75) is 50.9 Å². The minimum atomic E-state index is -4.43. The summed E-state index contributed by atoms with van der Waals surface area (Å²) in [5.41, 5.74) is 1.28. The largest absolute Gasteiger partial charge is 0.417 e. The maximum atomic E-state index is 13.1. The molecule has 2 saturated carbocycles. The number of likely N-dealkylation sites (tertiary alicyclic amines) is 1. The molecule has 0 N–H and O–H groups in total. The average Bonchev–Trinajstić information content (AvgIpc) is 3.18. The Hall–Kier alpha value is -1.94. The molecule has 178 valence electrons. The first-order valence-corrected chi connectivity index (χ1v) is 13.4. The lowest BCUT2D eigenvalue weighted by molar-refractivity contribution is -0.137. The lowest BCUT2D eigenvalue weighted by Crippen LogP contribution is -2.50. The number of halogens is 3. The highest BCUT2D eigenvalue weighted by Crippen LogP contribution is 2.64. The number of aryl methyl sites for hydroxylation is 1. The Bertz CT molecular complexity index is 1180. The molecular weight excluding hydrogens is 453 g/mol. The molecule has 2 aliphatic carbocycles. The van der Waals surface area contributed by atoms with Gasteiger partial charge in [-0.15, -0.1) is 0 Å². The zero-order valence-corrected chi connectivity index (χ0v) is 19.2. The topological polar surface area (TPSA) is 68.1 Å². The standard InChI is InChI=1S/C23H27F3N4O2S/c1-2-30-20(8-19(28-30)14-5-15(10-27-9-14)23(24,25)26)21-17-6-16(7-18(17)21)29-4-3-22(11-29)12-33(31,32)13-22/h5,8-10,16-18,21H,2-4,6-7,11-13H2,1H3/t16?,17-,18+,21?. The van der Waals surface area contributed by atoms with Gasteiger partial charge in [-0.3, -0.25) is 14.6 Å². The second kappa shape index (κ2) is 7.04. The van der Waals surface area contributed by atoms with E-state index in [0.29, 0.717) is 53.1 Å². The van der Waals surface area contributed by atoms with E-state index in [1.165, 1.54) is 6.20 Å². The van der Waals surface area contributed by atoms with E-state index in [-0.39, 0.29) is 5.41 Å². The highest BCUT2D eigenvalue weighted by molar-refractivity contribution is 7.92. The Morgan fingerprint density at radius 2 is 1.88 bits per heavy atom. The van der Waals surface area contributed by atoms with Crippen LogP contribution in [-0.4, -0.2) is 58.7 Å². The summed E-state index contributed by atoms with van der Waals surface area (Å²) < 4.78 is 64.6. The first-order valence-electron chi connectivity index (χ1n) is 11.6. The van der Waals surface area contributed by atoms with Gasteiger partial charge in [-0.25, -0.2) is 8.42 Å². The van der Waals surface area contributed by atoms with Crippen LogP contribution in [0.25, 0.3) is 11.3 Å². The zero-order chi connectivity index (χ0) is 23.2. The van der Waals surface area contributed by atoms with Crippen LogP contribution in [0.4, 0.5) is 13.2 Å². The number of alkyl halides is 3. The summed E-state index contributed by atoms with van der Waals surface area (Å²) in [6, 6.07) is 3.58. The highest BCUT2D eigenvalue weighted by atomic mass is 32.2. The number of hydrogen-bond donors (Lipinski definition) is 0. The molecule has 10 heteroatoms. The van der Waals surface area contributed by atoms with Crippen molar-refractivity contribution >= 4 is 9.84 Å². The van der Waals surface area contributed by atoms with Crippen LogP contribution in [0.5, 0.6) is 0 Å². The fourth-order valence-electron chi connectivity index (χ4n) is 6.79. The van der Waals surface area contributed by atoms with Crippen molar-refractivity contribution in [2.24, 2.45) is 17.3 Å². The summed E-state index contributed by atoms with van der Waals surface area (Å²) in [7, 11) is -2.81. The van der Waals surface area contributed by atoms with Crippen LogP contribution in [0.3, 0.4) is 0 Å². The quantitative estimate of drug-likeness (QED) is 0.669. The van der Waals surface area contributed by atoms with Crippen LogP contribution in [-0.2, 0) is 22.6 Å². The molecule has 0 aromatic carbocycles. The summed E-state index contributed by atoms with van der Waals surface area (Å²) in [6.07, 6.45) is 1.04. The van der Waals surface area contributed by atoms with E-state index in [4.69, 9.17) is 0 Å². The molecule has 0 radical (unpaired) electrons. The van der Waals surface area contributed by atoms with Gasteiger partial charge >= 0.3 is 6.18 Å². The Labute approximate surface area is 191 Å². The van der Waals surface area contributed by atoms with Crippen molar-refractivity contribution in [3.8, 4) is 11.3 Å². The third-order valence-electron chi connectivity index (χ3n) is 8.27. The number of aromatic nitrogens is 3. The summed E-state index contributed by atoms with van der Waals surface area (Å²) in [5.74, 6) is 2.25. The monoisotopic (exact) mass is 480 g/mol. The lowest BCUT2D eigenvalue weighted by atomic mass is 9.91. The molecule has 4 aliphatic rings. The Morgan fingerprint density at radius 1 is 1.15 bits per heavy atom. The van der Waals surface area contributed by atoms with E-state index in [2.05, 4.69) is 15.0 Å². The van der Waals surface area contributed by atoms with E-state index < -0.39 is 21.6 Å². The average molecular weight is 481 g/mol. The van der Waals surface area contributed by atoms with Crippen LogP contribution in [0.15, 0.2) is 24.5 Å². The molecule has 2 unspecified atom stereocenters. The van der Waals surface area contributed by atoms with Gasteiger partial charge in [-0.2, -0.15) is 18.3 Å². The molecule has 4 atom stereocenters. The molecule has 4 heterocycles. The zero-order valence-electron chi connectivity index (χ0n) is 18.4. The maximum absolute atomic E-state index is 13.1. The van der Waals surface area contributed by atoms with E-state index in [1.54, 1.807) is 0 Å². The van der Waals surface area contributed by atoms with E-state index >= 15 is 0 Å². The van der Waals surface area contributed by atoms with Crippen LogP contribution in [0.1, 0.15) is 43.4 Å². The Balaban J connectivity index is 1.15. The van der Waals surface area contributed by atoms with E-state index in [9.17, 15) is 21.6 Å². The molecule has 0 bridgehead atoms. The minimum absolute atomic E-state index is 0.000264. The SMILES string of the molecule is CCn1nc(-c2cncc(C(F)(F)F)c2)cc1C1[C@H]2CC(N3CCC4(C3)CS(=O)(=O)C4)C[C@@H]12. The Morgan fingerprint density at radius 3 is 2.52 bits per heavy atom. The summed E-state index contributed by atoms with van der Waals surface area (Å²) >= 11 is 0. The van der Waals surface area contributed by atoms with Crippen molar-refractivity contribution in [3.63, 3.8) is 0 Å². The van der Waals surface area contributed by atoms with Gasteiger partial charge in [0.05, 0.1) is 22.8 Å². The normalized spacial score (nSPS) is 32.1. The van der Waals surface area contributed by atoms with Gasteiger partial charge in [-0.05, 0) is 56.7 Å². The predicted octanol–water partition coefficient (Wildman–Crippen LogP) is 3.60. The lowest BCUT2D eigenvalue weighted by Gasteiger charge is -2.38. The van der Waals surface area contributed by atoms with Crippen molar-refractivity contribution in [3.05, 3.63) is 35.8 Å². The predicted molar refractivity (Wildman–Crippen MR) is 116 cm³/mol. The molecule has 2 aliphatic heterocycles. The third-order valence-corrected chi connectivity index (χ3v) is 10.4. The first kappa shape index (κ1) is 21.6. The van der Waals surface area contributed by atoms with Crippen LogP contribution in [0, 0.1) is 17.3 Å². The van der Waals surface area contributed by atoms with Gasteiger partial charge in [0, 0.05) is 54.1 Å². The fraction of sp³-hybridized carbons (Fsp3) is 0.652. The van der Waals surface area contributed by atoms with E-state index in [0.717, 1.165) is 50.3 Å². The van der Waals surface area contributed by atoms with Gasteiger partial charge in [0.25, 0.3) is 0 Å². The molecule has 2 aromatic heterocycles. The molecule has 2 saturated heterocycles.